The second kappa shape index (κ2) is 2.62. The Kier molecular flexibility index (Phi) is 1.81. The molecule has 0 spiro atoms. The maximum absolute atomic E-state index is 10.6. The van der Waals surface area contributed by atoms with E-state index in [1.807, 2.05) is 6.92 Å². The number of nitrogens with one attached hydrogen (secondary N) is 1. The Morgan fingerprint density at radius 3 is 2.64 bits per heavy atom. The zero-order valence-electron chi connectivity index (χ0n) is 6.22. The monoisotopic (exact) mass is 149 g/mol. The fourth-order valence-electron chi connectivity index (χ4n) is 0.775. The average molecular weight is 149 g/mol. The Bertz CT molecular complexity index is 294. The first-order chi connectivity index (χ1) is 5.11. The van der Waals surface area contributed by atoms with Crippen LogP contribution in [0, 0.1) is 6.92 Å². The molecule has 0 unspecified atom stereocenters. The van der Waals surface area contributed by atoms with Crippen molar-refractivity contribution in [1.82, 2.24) is 5.73 Å². The van der Waals surface area contributed by atoms with Crippen molar-refractivity contribution in [3.8, 4) is 0 Å². The fourth-order valence-corrected chi connectivity index (χ4v) is 0.775. The van der Waals surface area contributed by atoms with Gasteiger partial charge in [0.2, 0.25) is 5.91 Å². The van der Waals surface area contributed by atoms with Crippen LogP contribution in [0.25, 0.3) is 0 Å². The van der Waals surface area contributed by atoms with E-state index in [0.717, 1.165) is 5.56 Å². The number of primary amides is 1. The topological polar surface area (TPSA) is 66.9 Å². The summed E-state index contributed by atoms with van der Waals surface area (Å²) in [5.41, 5.74) is 13.9. The Labute approximate surface area is 65.0 Å². The molecule has 1 aromatic carbocycles. The third kappa shape index (κ3) is 1.49. The molecule has 0 aliphatic rings. The molecule has 1 amide bonds. The number of hydrogen-bond acceptors (Lipinski definition) is 1. The number of carbonyl (C=O) groups is 1. The van der Waals surface area contributed by atoms with Crippen molar-refractivity contribution in [2.24, 2.45) is 5.73 Å². The van der Waals surface area contributed by atoms with Crippen molar-refractivity contribution < 1.29 is 4.79 Å². The Morgan fingerprint density at radius 2 is 2.18 bits per heavy atom. The largest absolute Gasteiger partial charge is 0.366 e. The summed E-state index contributed by atoms with van der Waals surface area (Å²) in [6.07, 6.45) is 0. The summed E-state index contributed by atoms with van der Waals surface area (Å²) in [6, 6.07) is 4.80. The summed E-state index contributed by atoms with van der Waals surface area (Å²) in [6.45, 7) is 1.81. The van der Waals surface area contributed by atoms with Gasteiger partial charge in [0.05, 0.1) is 5.69 Å². The molecule has 3 heteroatoms. The van der Waals surface area contributed by atoms with Crippen molar-refractivity contribution in [1.29, 1.82) is 0 Å². The zero-order chi connectivity index (χ0) is 8.43. The third-order valence-electron chi connectivity index (χ3n) is 1.52. The highest BCUT2D eigenvalue weighted by molar-refractivity contribution is 5.93. The lowest BCUT2D eigenvalue weighted by Gasteiger charge is -1.99. The van der Waals surface area contributed by atoms with Crippen molar-refractivity contribution >= 4 is 11.6 Å². The molecule has 0 aromatic heterocycles. The number of aryl methyl sites for hydroxylation is 1. The van der Waals surface area contributed by atoms with Crippen LogP contribution >= 0.6 is 0 Å². The second-order valence-electron chi connectivity index (χ2n) is 2.39. The summed E-state index contributed by atoms with van der Waals surface area (Å²) >= 11 is 0. The molecule has 0 saturated heterocycles. The van der Waals surface area contributed by atoms with E-state index in [2.05, 4.69) is 0 Å². The summed E-state index contributed by atoms with van der Waals surface area (Å²) in [5, 5.41) is 0. The van der Waals surface area contributed by atoms with E-state index in [9.17, 15) is 4.79 Å². The van der Waals surface area contributed by atoms with Crippen LogP contribution in [0.4, 0.5) is 5.69 Å². The lowest BCUT2D eigenvalue weighted by Crippen LogP contribution is -2.10. The Balaban J connectivity index is 3.15. The predicted molar refractivity (Wildman–Crippen MR) is 42.5 cm³/mol. The molecule has 0 bridgehead atoms. The minimum absolute atomic E-state index is 0.348. The van der Waals surface area contributed by atoms with Gasteiger partial charge in [-0.05, 0) is 24.6 Å². The number of benzene rings is 1. The lowest BCUT2D eigenvalue weighted by molar-refractivity contribution is 0.100. The normalized spacial score (nSPS) is 9.55. The summed E-state index contributed by atoms with van der Waals surface area (Å²) in [5.74, 6) is -0.488. The van der Waals surface area contributed by atoms with E-state index in [1.165, 1.54) is 6.07 Å². The van der Waals surface area contributed by atoms with Gasteiger partial charge in [-0.25, -0.2) is 0 Å². The summed E-state index contributed by atoms with van der Waals surface area (Å²) in [4.78, 5) is 10.6. The zero-order valence-corrected chi connectivity index (χ0v) is 6.22. The quantitative estimate of drug-likeness (QED) is 0.636. The third-order valence-corrected chi connectivity index (χ3v) is 1.52. The molecule has 0 atom stereocenters. The minimum Gasteiger partial charge on any atom is -0.366 e. The van der Waals surface area contributed by atoms with E-state index in [4.69, 9.17) is 11.5 Å². The Morgan fingerprint density at radius 1 is 1.55 bits per heavy atom. The average Bonchev–Trinajstić information content (AvgIpc) is 1.94. The Hall–Kier alpha value is -1.51. The van der Waals surface area contributed by atoms with Crippen LogP contribution < -0.4 is 11.5 Å². The molecule has 0 heterocycles. The molecule has 0 aliphatic carbocycles. The number of carbonyl (C=O) groups excluding carboxylic acids is 1. The van der Waals surface area contributed by atoms with Crippen molar-refractivity contribution in [3.05, 3.63) is 29.3 Å². The predicted octanol–water partition coefficient (Wildman–Crippen LogP) is 1.01. The fraction of sp³-hybridized carbons (Fsp3) is 0.125. The molecule has 1 radical (unpaired) electrons. The lowest BCUT2D eigenvalue weighted by atomic mass is 10.1. The second-order valence-corrected chi connectivity index (χ2v) is 2.39. The molecule has 0 aliphatic heterocycles. The highest BCUT2D eigenvalue weighted by Gasteiger charge is 2.01. The van der Waals surface area contributed by atoms with Gasteiger partial charge in [0.25, 0.3) is 0 Å². The number of amides is 1. The number of rotatable bonds is 1. The van der Waals surface area contributed by atoms with Gasteiger partial charge < -0.3 is 11.5 Å². The molecule has 3 nitrogen and oxygen atoms in total. The van der Waals surface area contributed by atoms with Gasteiger partial charge in [0.1, 0.15) is 0 Å². The standard InChI is InChI=1S/C8H9N2O/c1-5-2-3-6(8(10)11)4-7(5)9/h2-4,9H,1H3,(H2,10,11). The molecule has 1 aromatic rings. The van der Waals surface area contributed by atoms with E-state index >= 15 is 0 Å². The van der Waals surface area contributed by atoms with Gasteiger partial charge in [-0.15, -0.1) is 0 Å². The van der Waals surface area contributed by atoms with Gasteiger partial charge in [0, 0.05) is 5.56 Å². The van der Waals surface area contributed by atoms with E-state index in [1.54, 1.807) is 12.1 Å². The van der Waals surface area contributed by atoms with Gasteiger partial charge >= 0.3 is 0 Å². The van der Waals surface area contributed by atoms with Crippen LogP contribution in [0.1, 0.15) is 15.9 Å². The highest BCUT2D eigenvalue weighted by Crippen LogP contribution is 2.13. The van der Waals surface area contributed by atoms with Crippen LogP contribution in [0.15, 0.2) is 18.2 Å². The SMILES string of the molecule is Cc1ccc(C(N)=O)cc1[NH]. The molecular formula is C8H9N2O. The molecule has 11 heavy (non-hydrogen) atoms. The van der Waals surface area contributed by atoms with Crippen LogP contribution in [0.2, 0.25) is 0 Å². The molecule has 1 rings (SSSR count). The van der Waals surface area contributed by atoms with Crippen LogP contribution in [-0.4, -0.2) is 5.91 Å². The maximum atomic E-state index is 10.6. The van der Waals surface area contributed by atoms with Gasteiger partial charge in [-0.3, -0.25) is 4.79 Å². The van der Waals surface area contributed by atoms with Crippen LogP contribution in [-0.2, 0) is 0 Å². The van der Waals surface area contributed by atoms with Crippen molar-refractivity contribution in [2.75, 3.05) is 0 Å². The van der Waals surface area contributed by atoms with Gasteiger partial charge in [-0.1, -0.05) is 6.07 Å². The first kappa shape index (κ1) is 7.60. The van der Waals surface area contributed by atoms with Crippen molar-refractivity contribution in [2.45, 2.75) is 6.92 Å². The molecule has 0 fully saturated rings. The van der Waals surface area contributed by atoms with E-state index < -0.39 is 5.91 Å². The number of hydrogen-bond donors (Lipinski definition) is 1. The molecule has 3 N–H and O–H groups in total. The first-order valence-corrected chi connectivity index (χ1v) is 3.23. The molecule has 0 saturated carbocycles. The van der Waals surface area contributed by atoms with Gasteiger partial charge in [0.15, 0.2) is 0 Å². The van der Waals surface area contributed by atoms with Gasteiger partial charge in [-0.2, -0.15) is 0 Å². The minimum atomic E-state index is -0.488. The van der Waals surface area contributed by atoms with E-state index in [-0.39, 0.29) is 0 Å². The molecule has 57 valence electrons. The first-order valence-electron chi connectivity index (χ1n) is 3.23. The molecular weight excluding hydrogens is 140 g/mol. The summed E-state index contributed by atoms with van der Waals surface area (Å²) in [7, 11) is 0. The maximum Gasteiger partial charge on any atom is 0.248 e. The smallest absolute Gasteiger partial charge is 0.248 e. The highest BCUT2D eigenvalue weighted by atomic mass is 16.1. The van der Waals surface area contributed by atoms with Crippen LogP contribution in [0.5, 0.6) is 0 Å². The summed E-state index contributed by atoms with van der Waals surface area (Å²) < 4.78 is 0. The van der Waals surface area contributed by atoms with Crippen molar-refractivity contribution in [3.63, 3.8) is 0 Å². The number of nitrogens with two attached hydrogens (primary N) is 1. The van der Waals surface area contributed by atoms with E-state index in [0.29, 0.717) is 11.3 Å². The van der Waals surface area contributed by atoms with Crippen LogP contribution in [0.3, 0.4) is 0 Å².